The van der Waals surface area contributed by atoms with E-state index in [4.69, 9.17) is 0 Å². The summed E-state index contributed by atoms with van der Waals surface area (Å²) in [6.07, 6.45) is 1.47. The van der Waals surface area contributed by atoms with Crippen molar-refractivity contribution in [1.82, 2.24) is 4.98 Å². The average molecular weight is 211 g/mol. The third-order valence-corrected chi connectivity index (χ3v) is 2.26. The SMILES string of the molecule is O=Cc1cccc(-c2ccccc2C=O)n1. The number of pyridine rings is 1. The van der Waals surface area contributed by atoms with Crippen LogP contribution in [-0.4, -0.2) is 17.6 Å². The van der Waals surface area contributed by atoms with Crippen molar-refractivity contribution < 1.29 is 9.59 Å². The van der Waals surface area contributed by atoms with Crippen LogP contribution >= 0.6 is 0 Å². The van der Waals surface area contributed by atoms with Gasteiger partial charge in [-0.1, -0.05) is 30.3 Å². The molecule has 0 aliphatic rings. The molecule has 3 heteroatoms. The predicted molar refractivity (Wildman–Crippen MR) is 60.4 cm³/mol. The Kier molecular flexibility index (Phi) is 2.87. The van der Waals surface area contributed by atoms with Crippen LogP contribution in [0.5, 0.6) is 0 Å². The van der Waals surface area contributed by atoms with Crippen LogP contribution in [0.4, 0.5) is 0 Å². The first-order valence-electron chi connectivity index (χ1n) is 4.82. The number of aromatic nitrogens is 1. The summed E-state index contributed by atoms with van der Waals surface area (Å²) in [5.41, 5.74) is 2.30. The van der Waals surface area contributed by atoms with Crippen LogP contribution in [0.3, 0.4) is 0 Å². The zero-order valence-electron chi connectivity index (χ0n) is 8.46. The second kappa shape index (κ2) is 4.49. The zero-order chi connectivity index (χ0) is 11.4. The quantitative estimate of drug-likeness (QED) is 0.732. The number of aldehydes is 2. The number of carbonyl (C=O) groups is 2. The normalized spacial score (nSPS) is 9.75. The fraction of sp³-hybridized carbons (Fsp3) is 0. The molecule has 0 saturated heterocycles. The molecule has 3 nitrogen and oxygen atoms in total. The van der Waals surface area contributed by atoms with Gasteiger partial charge in [-0.05, 0) is 12.1 Å². The van der Waals surface area contributed by atoms with Gasteiger partial charge in [0.05, 0.1) is 5.69 Å². The fourth-order valence-electron chi connectivity index (χ4n) is 1.50. The van der Waals surface area contributed by atoms with E-state index < -0.39 is 0 Å². The number of benzene rings is 1. The highest BCUT2D eigenvalue weighted by Gasteiger charge is 2.05. The number of carbonyl (C=O) groups excluding carboxylic acids is 2. The first-order chi connectivity index (χ1) is 7.85. The lowest BCUT2D eigenvalue weighted by Gasteiger charge is -2.03. The van der Waals surface area contributed by atoms with Gasteiger partial charge in [0.1, 0.15) is 5.69 Å². The molecule has 16 heavy (non-hydrogen) atoms. The van der Waals surface area contributed by atoms with E-state index in [2.05, 4.69) is 4.98 Å². The second-order valence-corrected chi connectivity index (χ2v) is 3.27. The van der Waals surface area contributed by atoms with Crippen molar-refractivity contribution in [2.24, 2.45) is 0 Å². The van der Waals surface area contributed by atoms with E-state index in [1.54, 1.807) is 36.4 Å². The first kappa shape index (κ1) is 10.2. The van der Waals surface area contributed by atoms with Gasteiger partial charge in [-0.3, -0.25) is 9.59 Å². The monoisotopic (exact) mass is 211 g/mol. The van der Waals surface area contributed by atoms with E-state index >= 15 is 0 Å². The number of rotatable bonds is 3. The van der Waals surface area contributed by atoms with Crippen LogP contribution in [0.2, 0.25) is 0 Å². The molecule has 0 bridgehead atoms. The highest BCUT2D eigenvalue weighted by Crippen LogP contribution is 2.20. The summed E-state index contributed by atoms with van der Waals surface area (Å²) in [7, 11) is 0. The molecule has 0 saturated carbocycles. The van der Waals surface area contributed by atoms with E-state index in [1.807, 2.05) is 6.07 Å². The van der Waals surface area contributed by atoms with Gasteiger partial charge >= 0.3 is 0 Å². The third kappa shape index (κ3) is 1.88. The molecule has 1 aromatic heterocycles. The third-order valence-electron chi connectivity index (χ3n) is 2.26. The molecule has 0 atom stereocenters. The highest BCUT2D eigenvalue weighted by atomic mass is 16.1. The lowest BCUT2D eigenvalue weighted by molar-refractivity contribution is 0.111. The van der Waals surface area contributed by atoms with Crippen molar-refractivity contribution in [1.29, 1.82) is 0 Å². The molecule has 1 heterocycles. The van der Waals surface area contributed by atoms with E-state index in [-0.39, 0.29) is 0 Å². The molecule has 0 fully saturated rings. The molecule has 0 aliphatic heterocycles. The Morgan fingerprint density at radius 3 is 2.44 bits per heavy atom. The lowest BCUT2D eigenvalue weighted by atomic mass is 10.0. The minimum Gasteiger partial charge on any atom is -0.298 e. The van der Waals surface area contributed by atoms with Gasteiger partial charge in [0, 0.05) is 11.1 Å². The van der Waals surface area contributed by atoms with E-state index in [1.165, 1.54) is 0 Å². The summed E-state index contributed by atoms with van der Waals surface area (Å²) in [6, 6.07) is 12.3. The maximum absolute atomic E-state index is 10.9. The summed E-state index contributed by atoms with van der Waals surface area (Å²) < 4.78 is 0. The predicted octanol–water partition coefficient (Wildman–Crippen LogP) is 2.37. The summed E-state index contributed by atoms with van der Waals surface area (Å²) in [5.74, 6) is 0. The van der Waals surface area contributed by atoms with Crippen molar-refractivity contribution >= 4 is 12.6 Å². The van der Waals surface area contributed by atoms with Crippen LogP contribution in [-0.2, 0) is 0 Å². The fourth-order valence-corrected chi connectivity index (χ4v) is 1.50. The van der Waals surface area contributed by atoms with E-state index in [0.29, 0.717) is 23.2 Å². The molecule has 0 unspecified atom stereocenters. The molecule has 0 N–H and O–H groups in total. The van der Waals surface area contributed by atoms with Gasteiger partial charge in [0.15, 0.2) is 12.6 Å². The standard InChI is InChI=1S/C13H9NO2/c15-8-10-4-1-2-6-12(10)13-7-3-5-11(9-16)14-13/h1-9H. The minimum atomic E-state index is 0.359. The Hall–Kier alpha value is -2.29. The van der Waals surface area contributed by atoms with E-state index in [9.17, 15) is 9.59 Å². The number of hydrogen-bond donors (Lipinski definition) is 0. The first-order valence-corrected chi connectivity index (χ1v) is 4.82. The molecule has 2 aromatic rings. The number of hydrogen-bond acceptors (Lipinski definition) is 3. The summed E-state index contributed by atoms with van der Waals surface area (Å²) in [6.45, 7) is 0. The highest BCUT2D eigenvalue weighted by molar-refractivity contribution is 5.87. The van der Waals surface area contributed by atoms with Crippen LogP contribution in [0.15, 0.2) is 42.5 Å². The molecule has 1 aromatic carbocycles. The Balaban J connectivity index is 2.57. The topological polar surface area (TPSA) is 47.0 Å². The summed E-state index contributed by atoms with van der Waals surface area (Å²) in [4.78, 5) is 25.6. The summed E-state index contributed by atoms with van der Waals surface area (Å²) in [5, 5.41) is 0. The average Bonchev–Trinajstić information content (AvgIpc) is 2.38. The maximum atomic E-state index is 10.9. The van der Waals surface area contributed by atoms with Gasteiger partial charge in [0.2, 0.25) is 0 Å². The van der Waals surface area contributed by atoms with Crippen molar-refractivity contribution in [3.8, 4) is 11.3 Å². The maximum Gasteiger partial charge on any atom is 0.168 e. The number of nitrogens with zero attached hydrogens (tertiary/aromatic N) is 1. The smallest absolute Gasteiger partial charge is 0.168 e. The van der Waals surface area contributed by atoms with Gasteiger partial charge in [-0.15, -0.1) is 0 Å². The molecule has 78 valence electrons. The zero-order valence-corrected chi connectivity index (χ0v) is 8.46. The van der Waals surface area contributed by atoms with Crippen molar-refractivity contribution in [3.63, 3.8) is 0 Å². The van der Waals surface area contributed by atoms with Crippen LogP contribution < -0.4 is 0 Å². The molecule has 2 rings (SSSR count). The second-order valence-electron chi connectivity index (χ2n) is 3.27. The Bertz CT molecular complexity index is 535. The lowest BCUT2D eigenvalue weighted by Crippen LogP contribution is -1.93. The molecule has 0 spiro atoms. The van der Waals surface area contributed by atoms with Gasteiger partial charge in [0.25, 0.3) is 0 Å². The molecular formula is C13H9NO2. The van der Waals surface area contributed by atoms with Crippen molar-refractivity contribution in [3.05, 3.63) is 53.7 Å². The van der Waals surface area contributed by atoms with Crippen LogP contribution in [0, 0.1) is 0 Å². The molecule has 0 amide bonds. The largest absolute Gasteiger partial charge is 0.298 e. The Morgan fingerprint density at radius 2 is 1.69 bits per heavy atom. The van der Waals surface area contributed by atoms with Crippen LogP contribution in [0.25, 0.3) is 11.3 Å². The van der Waals surface area contributed by atoms with Crippen molar-refractivity contribution in [2.75, 3.05) is 0 Å². The summed E-state index contributed by atoms with van der Waals surface area (Å²) >= 11 is 0. The van der Waals surface area contributed by atoms with Crippen molar-refractivity contribution in [2.45, 2.75) is 0 Å². The van der Waals surface area contributed by atoms with E-state index in [0.717, 1.165) is 11.8 Å². The molecular weight excluding hydrogens is 202 g/mol. The Labute approximate surface area is 92.8 Å². The molecule has 0 aliphatic carbocycles. The van der Waals surface area contributed by atoms with Crippen LogP contribution in [0.1, 0.15) is 20.8 Å². The van der Waals surface area contributed by atoms with Gasteiger partial charge in [-0.2, -0.15) is 0 Å². The van der Waals surface area contributed by atoms with Gasteiger partial charge < -0.3 is 0 Å². The van der Waals surface area contributed by atoms with Gasteiger partial charge in [-0.25, -0.2) is 4.98 Å². The molecule has 0 radical (unpaired) electrons. The minimum absolute atomic E-state index is 0.359. The Morgan fingerprint density at radius 1 is 0.875 bits per heavy atom.